The molecule has 2 aromatic rings. The summed E-state index contributed by atoms with van der Waals surface area (Å²) in [4.78, 5) is 5.23. The van der Waals surface area contributed by atoms with E-state index in [4.69, 9.17) is 52.4 Å². The summed E-state index contributed by atoms with van der Waals surface area (Å²) in [6, 6.07) is 12.4. The number of aliphatic hydroxyl groups excluding tert-OH is 4. The topological polar surface area (TPSA) is 264 Å². The Hall–Kier alpha value is -1.94. The number of aliphatic hydroxyl groups is 4. The SMILES string of the molecule is NC[C@H]1O[C@H](O[C@H]2[C@H](OCCCCCCCCCCCCN3CCN(Cc4cccc5ccccc45)CC3)[C@@H](O[C@H]3O[C@H](CO)[C@@H](O)[C@H](N)[C@H]3O)[C@H](N)C[C@@H]2N)[C@H](N)C[C@@H]1O. The Morgan fingerprint density at radius 2 is 1.21 bits per heavy atom. The number of nitrogens with zero attached hydrogens (tertiary/aromatic N) is 2. The van der Waals surface area contributed by atoms with Crippen LogP contribution in [0.2, 0.25) is 0 Å². The predicted octanol–water partition coefficient (Wildman–Crippen LogP) is 0.601. The van der Waals surface area contributed by atoms with E-state index < -0.39 is 92.2 Å². The minimum Gasteiger partial charge on any atom is -0.394 e. The van der Waals surface area contributed by atoms with Crippen LogP contribution in [0.4, 0.5) is 0 Å². The van der Waals surface area contributed by atoms with Gasteiger partial charge >= 0.3 is 0 Å². The smallest absolute Gasteiger partial charge is 0.186 e. The number of benzene rings is 2. The first-order chi connectivity index (χ1) is 29.6. The summed E-state index contributed by atoms with van der Waals surface area (Å²) >= 11 is 0. The van der Waals surface area contributed by atoms with Crippen LogP contribution >= 0.6 is 0 Å². The number of rotatable bonds is 22. The Balaban J connectivity index is 0.877. The van der Waals surface area contributed by atoms with Gasteiger partial charge in [-0.1, -0.05) is 93.8 Å². The maximum Gasteiger partial charge on any atom is 0.186 e. The summed E-state index contributed by atoms with van der Waals surface area (Å²) in [6.45, 7) is 6.73. The Kier molecular flexibility index (Phi) is 19.4. The van der Waals surface area contributed by atoms with E-state index in [-0.39, 0.29) is 19.4 Å². The number of nitrogens with two attached hydrogens (primary N) is 5. The highest BCUT2D eigenvalue weighted by Crippen LogP contribution is 2.33. The third kappa shape index (κ3) is 13.3. The number of fused-ring (bicyclic) bond motifs is 1. The number of hydrogen-bond donors (Lipinski definition) is 9. The molecule has 14 atom stereocenters. The van der Waals surface area contributed by atoms with Crippen molar-refractivity contribution >= 4 is 10.8 Å². The summed E-state index contributed by atoms with van der Waals surface area (Å²) in [7, 11) is 0. The van der Waals surface area contributed by atoms with Crippen molar-refractivity contribution in [2.45, 2.75) is 169 Å². The molecule has 4 fully saturated rings. The predicted molar refractivity (Wildman–Crippen MR) is 234 cm³/mol. The highest BCUT2D eigenvalue weighted by atomic mass is 16.7. The van der Waals surface area contributed by atoms with E-state index in [2.05, 4.69) is 52.3 Å². The molecule has 0 bridgehead atoms. The fourth-order valence-corrected chi connectivity index (χ4v) is 9.51. The molecule has 3 saturated heterocycles. The van der Waals surface area contributed by atoms with Gasteiger partial charge in [-0.2, -0.15) is 0 Å². The minimum atomic E-state index is -1.40. The molecule has 0 unspecified atom stereocenters. The molecule has 0 amide bonds. The molecule has 1 aliphatic carbocycles. The molecule has 6 rings (SSSR count). The van der Waals surface area contributed by atoms with Crippen molar-refractivity contribution < 1.29 is 44.1 Å². The van der Waals surface area contributed by atoms with Gasteiger partial charge in [0.05, 0.1) is 30.9 Å². The van der Waals surface area contributed by atoms with Gasteiger partial charge in [0.15, 0.2) is 12.6 Å². The van der Waals surface area contributed by atoms with E-state index in [1.165, 1.54) is 67.8 Å². The van der Waals surface area contributed by atoms with Crippen molar-refractivity contribution in [3.05, 3.63) is 48.0 Å². The van der Waals surface area contributed by atoms with Gasteiger partial charge in [0.1, 0.15) is 36.6 Å². The fraction of sp³-hybridized carbons (Fsp3) is 0.778. The Morgan fingerprint density at radius 1 is 0.623 bits per heavy atom. The lowest BCUT2D eigenvalue weighted by Crippen LogP contribution is -2.68. The number of unbranched alkanes of at least 4 members (excludes halogenated alkanes) is 9. The molecule has 2 aromatic carbocycles. The summed E-state index contributed by atoms with van der Waals surface area (Å²) in [5.41, 5.74) is 33.0. The van der Waals surface area contributed by atoms with Gasteiger partial charge in [-0.3, -0.25) is 4.90 Å². The molecule has 0 radical (unpaired) electrons. The average Bonchev–Trinajstić information content (AvgIpc) is 3.26. The van der Waals surface area contributed by atoms with E-state index in [1.807, 2.05) is 0 Å². The van der Waals surface area contributed by atoms with Crippen LogP contribution in [0.5, 0.6) is 0 Å². The second-order valence-electron chi connectivity index (χ2n) is 17.9. The number of piperazine rings is 1. The van der Waals surface area contributed by atoms with Gasteiger partial charge in [-0.15, -0.1) is 0 Å². The van der Waals surface area contributed by atoms with E-state index in [0.717, 1.165) is 52.0 Å². The Labute approximate surface area is 362 Å². The van der Waals surface area contributed by atoms with Gasteiger partial charge in [0.25, 0.3) is 0 Å². The molecule has 3 heterocycles. The molecule has 1 saturated carbocycles. The van der Waals surface area contributed by atoms with Gasteiger partial charge in [-0.05, 0) is 48.6 Å². The quantitative estimate of drug-likeness (QED) is 0.0735. The number of ether oxygens (including phenoxy) is 5. The molecule has 16 nitrogen and oxygen atoms in total. The Morgan fingerprint density at radius 3 is 1.89 bits per heavy atom. The summed E-state index contributed by atoms with van der Waals surface area (Å²) < 4.78 is 30.9. The Bertz CT molecular complexity index is 1550. The van der Waals surface area contributed by atoms with Crippen molar-refractivity contribution in [1.29, 1.82) is 0 Å². The molecular weight excluding hydrogens is 783 g/mol. The van der Waals surface area contributed by atoms with Crippen LogP contribution in [0.1, 0.15) is 82.6 Å². The van der Waals surface area contributed by atoms with E-state index in [9.17, 15) is 20.4 Å². The van der Waals surface area contributed by atoms with Crippen LogP contribution in [0, 0.1) is 0 Å². The average molecular weight is 860 g/mol. The van der Waals surface area contributed by atoms with Crippen molar-refractivity contribution in [3.8, 4) is 0 Å². The lowest BCUT2D eigenvalue weighted by Gasteiger charge is -2.49. The zero-order chi connectivity index (χ0) is 43.3. The third-order valence-electron chi connectivity index (χ3n) is 13.3. The molecule has 0 aromatic heterocycles. The summed E-state index contributed by atoms with van der Waals surface area (Å²) in [5.74, 6) is 0. The van der Waals surface area contributed by atoms with Crippen molar-refractivity contribution in [3.63, 3.8) is 0 Å². The summed E-state index contributed by atoms with van der Waals surface area (Å²) in [5, 5.41) is 44.2. The van der Waals surface area contributed by atoms with E-state index in [0.29, 0.717) is 6.61 Å². The molecule has 0 spiro atoms. The molecule has 61 heavy (non-hydrogen) atoms. The van der Waals surface area contributed by atoms with Crippen molar-refractivity contribution in [1.82, 2.24) is 9.80 Å². The van der Waals surface area contributed by atoms with Gasteiger partial charge in [0.2, 0.25) is 0 Å². The lowest BCUT2D eigenvalue weighted by atomic mass is 9.84. The largest absolute Gasteiger partial charge is 0.394 e. The molecule has 16 heteroatoms. The maximum absolute atomic E-state index is 10.9. The molecule has 3 aliphatic heterocycles. The first-order valence-corrected chi connectivity index (χ1v) is 23.1. The van der Waals surface area contributed by atoms with Crippen LogP contribution < -0.4 is 28.7 Å². The van der Waals surface area contributed by atoms with Crippen LogP contribution in [0.15, 0.2) is 42.5 Å². The van der Waals surface area contributed by atoms with Crippen LogP contribution in [-0.2, 0) is 30.2 Å². The second kappa shape index (κ2) is 24.4. The summed E-state index contributed by atoms with van der Waals surface area (Å²) in [6.07, 6.45) is 2.24. The van der Waals surface area contributed by atoms with Gasteiger partial charge in [-0.25, -0.2) is 0 Å². The highest BCUT2D eigenvalue weighted by molar-refractivity contribution is 5.85. The molecule has 346 valence electrons. The molecule has 14 N–H and O–H groups in total. The zero-order valence-corrected chi connectivity index (χ0v) is 36.1. The lowest BCUT2D eigenvalue weighted by molar-refractivity contribution is -0.318. The first-order valence-electron chi connectivity index (χ1n) is 23.1. The fourth-order valence-electron chi connectivity index (χ4n) is 9.51. The molecular formula is C45H77N7O9. The van der Waals surface area contributed by atoms with Crippen LogP contribution in [0.25, 0.3) is 10.8 Å². The normalized spacial score (nSPS) is 35.5. The van der Waals surface area contributed by atoms with E-state index >= 15 is 0 Å². The number of hydrogen-bond acceptors (Lipinski definition) is 16. The van der Waals surface area contributed by atoms with E-state index in [1.54, 1.807) is 0 Å². The maximum atomic E-state index is 10.9. The third-order valence-corrected chi connectivity index (χ3v) is 13.3. The monoisotopic (exact) mass is 860 g/mol. The highest BCUT2D eigenvalue weighted by Gasteiger charge is 2.51. The zero-order valence-electron chi connectivity index (χ0n) is 36.1. The van der Waals surface area contributed by atoms with Crippen molar-refractivity contribution in [2.24, 2.45) is 28.7 Å². The van der Waals surface area contributed by atoms with Crippen molar-refractivity contribution in [2.75, 3.05) is 52.5 Å². The van der Waals surface area contributed by atoms with Gasteiger partial charge < -0.3 is 77.7 Å². The molecule has 4 aliphatic rings. The first kappa shape index (κ1) is 48.5. The standard InChI is InChI=1S/C45H77N7O9/c46-26-36-35(54)25-34(49)44(58-36)60-41-32(47)24-33(48)42(61-45-40(56)38(50)39(55)37(28-53)59-45)43(41)57-23-12-8-6-4-2-1-3-5-7-11-18-51-19-21-52(22-20-51)27-30-16-13-15-29-14-9-10-17-31(29)30/h9-10,13-17,32-45,53-56H,1-8,11-12,18-28,46-50H2/t32-,33+,34+,35-,36+,37+,38-,39+,40+,41+,42-,43-,44+,45+/m0/s1. The van der Waals surface area contributed by atoms with Gasteiger partial charge in [0, 0.05) is 58.0 Å². The minimum absolute atomic E-state index is 0.0863. The van der Waals surface area contributed by atoms with Crippen LogP contribution in [-0.4, -0.2) is 168 Å². The van der Waals surface area contributed by atoms with Crippen LogP contribution in [0.3, 0.4) is 0 Å². The second-order valence-corrected chi connectivity index (χ2v) is 17.9.